The van der Waals surface area contributed by atoms with Crippen molar-refractivity contribution in [1.29, 1.82) is 0 Å². The highest BCUT2D eigenvalue weighted by Gasteiger charge is 2.18. The van der Waals surface area contributed by atoms with Crippen LogP contribution in [-0.2, 0) is 9.59 Å². The van der Waals surface area contributed by atoms with E-state index in [4.69, 9.17) is 15.2 Å². The quantitative estimate of drug-likeness (QED) is 0.142. The van der Waals surface area contributed by atoms with Crippen molar-refractivity contribution in [2.75, 3.05) is 0 Å². The van der Waals surface area contributed by atoms with Gasteiger partial charge in [-0.1, -0.05) is 97.1 Å². The number of rotatable bonds is 7. The number of fused-ring (bicyclic) bond motifs is 3. The molecule has 0 saturated carbocycles. The molecule has 1 aromatic heterocycles. The van der Waals surface area contributed by atoms with Gasteiger partial charge in [0.15, 0.2) is 0 Å². The summed E-state index contributed by atoms with van der Waals surface area (Å²) >= 11 is 0. The highest BCUT2D eigenvalue weighted by Crippen LogP contribution is 2.38. The van der Waals surface area contributed by atoms with Crippen molar-refractivity contribution in [3.63, 3.8) is 0 Å². The van der Waals surface area contributed by atoms with Gasteiger partial charge in [-0.05, 0) is 50.9 Å². The smallest absolute Gasteiger partial charge is 0.328 e. The van der Waals surface area contributed by atoms with Gasteiger partial charge in [0.1, 0.15) is 5.82 Å². The van der Waals surface area contributed by atoms with Crippen LogP contribution in [0, 0.1) is 0 Å². The molecule has 6 rings (SSSR count). The predicted molar refractivity (Wildman–Crippen MR) is 163 cm³/mol. The lowest BCUT2D eigenvalue weighted by molar-refractivity contribution is -0.132. The first-order valence-electron chi connectivity index (χ1n) is 13.0. The largest absolute Gasteiger partial charge is 0.478 e. The van der Waals surface area contributed by atoms with Gasteiger partial charge < -0.3 is 15.2 Å². The number of carbonyl (C=O) groups is 2. The van der Waals surface area contributed by atoms with E-state index in [0.717, 1.165) is 73.3 Å². The number of hydrogen-bond acceptors (Lipinski definition) is 3. The molecule has 0 aliphatic heterocycles. The lowest BCUT2D eigenvalue weighted by atomic mass is 9.97. The van der Waals surface area contributed by atoms with Gasteiger partial charge in [-0.15, -0.1) is 0 Å². The number of nitrogens with one attached hydrogen (secondary N) is 1. The summed E-state index contributed by atoms with van der Waals surface area (Å²) in [7, 11) is 0. The van der Waals surface area contributed by atoms with Crippen LogP contribution < -0.4 is 0 Å². The maximum atomic E-state index is 10.9. The number of aromatic amines is 1. The molecule has 6 aromatic rings. The third-order valence-electron chi connectivity index (χ3n) is 6.95. The molecular formula is C35H24N2O4. The number of hydrogen-bond donors (Lipinski definition) is 3. The Morgan fingerprint density at radius 2 is 1.17 bits per heavy atom. The highest BCUT2D eigenvalue weighted by molar-refractivity contribution is 6.13. The van der Waals surface area contributed by atoms with Crippen molar-refractivity contribution in [2.45, 2.75) is 0 Å². The second kappa shape index (κ2) is 10.8. The van der Waals surface area contributed by atoms with Gasteiger partial charge in [0.2, 0.25) is 0 Å². The summed E-state index contributed by atoms with van der Waals surface area (Å²) in [6, 6.07) is 33.9. The van der Waals surface area contributed by atoms with Crippen LogP contribution >= 0.6 is 0 Å². The number of carboxylic acids is 2. The Balaban J connectivity index is 1.52. The van der Waals surface area contributed by atoms with Gasteiger partial charge >= 0.3 is 11.9 Å². The summed E-state index contributed by atoms with van der Waals surface area (Å²) < 4.78 is 0. The molecule has 0 bridgehead atoms. The summed E-state index contributed by atoms with van der Waals surface area (Å²) in [5.41, 5.74) is 5.85. The number of H-pyrrole nitrogens is 1. The summed E-state index contributed by atoms with van der Waals surface area (Å²) in [5.74, 6) is -1.28. The molecule has 0 atom stereocenters. The Labute approximate surface area is 235 Å². The molecule has 198 valence electrons. The monoisotopic (exact) mass is 536 g/mol. The summed E-state index contributed by atoms with van der Waals surface area (Å²) in [6.45, 7) is 0. The zero-order valence-corrected chi connectivity index (χ0v) is 21.8. The maximum Gasteiger partial charge on any atom is 0.328 e. The van der Waals surface area contributed by atoms with E-state index < -0.39 is 11.9 Å². The first kappa shape index (κ1) is 25.5. The molecule has 0 spiro atoms. The van der Waals surface area contributed by atoms with Crippen LogP contribution in [0.5, 0.6) is 0 Å². The van der Waals surface area contributed by atoms with Gasteiger partial charge in [0, 0.05) is 28.8 Å². The Kier molecular flexibility index (Phi) is 6.71. The average Bonchev–Trinajstić information content (AvgIpc) is 3.44. The fraction of sp³-hybridized carbons (Fsp3) is 0. The second-order valence-corrected chi connectivity index (χ2v) is 9.59. The zero-order valence-electron chi connectivity index (χ0n) is 21.8. The van der Waals surface area contributed by atoms with E-state index in [1.165, 1.54) is 5.39 Å². The number of aliphatic carboxylic acids is 2. The molecule has 0 fully saturated rings. The van der Waals surface area contributed by atoms with Crippen molar-refractivity contribution >= 4 is 45.6 Å². The first-order valence-corrected chi connectivity index (χ1v) is 13.0. The molecule has 0 unspecified atom stereocenters. The lowest BCUT2D eigenvalue weighted by Gasteiger charge is -2.09. The molecule has 1 heterocycles. The minimum Gasteiger partial charge on any atom is -0.478 e. The summed E-state index contributed by atoms with van der Waals surface area (Å²) in [4.78, 5) is 30.6. The van der Waals surface area contributed by atoms with E-state index in [2.05, 4.69) is 35.3 Å². The van der Waals surface area contributed by atoms with Gasteiger partial charge in [-0.25, -0.2) is 14.6 Å². The minimum absolute atomic E-state index is 0.724. The second-order valence-electron chi connectivity index (χ2n) is 9.59. The standard InChI is InChI=1S/C35H24N2O4/c38-31(39)19-13-22-9-15-24(16-10-22)33-34(25-17-11-23(12-18-25)14-20-32(40)41)37-35(36-33)30-21-26-5-1-2-6-27(26)28-7-3-4-8-29(28)30/h1-21H,(H,36,37)(H,38,39)(H,40,41)/b19-13+,20-14+. The fourth-order valence-corrected chi connectivity index (χ4v) is 5.02. The molecule has 0 saturated heterocycles. The van der Waals surface area contributed by atoms with Crippen LogP contribution in [0.25, 0.3) is 67.6 Å². The minimum atomic E-state index is -1.00. The van der Waals surface area contributed by atoms with Gasteiger partial charge in [-0.3, -0.25) is 0 Å². The van der Waals surface area contributed by atoms with Crippen molar-refractivity contribution in [3.8, 4) is 33.9 Å². The van der Waals surface area contributed by atoms with Gasteiger partial charge in [0.25, 0.3) is 0 Å². The first-order chi connectivity index (χ1) is 20.0. The molecule has 0 aliphatic rings. The Morgan fingerprint density at radius 1 is 0.634 bits per heavy atom. The molecule has 5 aromatic carbocycles. The van der Waals surface area contributed by atoms with Crippen LogP contribution in [0.15, 0.2) is 115 Å². The number of carboxylic acid groups (broad SMARTS) is 2. The van der Waals surface area contributed by atoms with Crippen LogP contribution in [0.4, 0.5) is 0 Å². The molecule has 41 heavy (non-hydrogen) atoms. The maximum absolute atomic E-state index is 10.9. The third kappa shape index (κ3) is 5.27. The Morgan fingerprint density at radius 3 is 1.78 bits per heavy atom. The SMILES string of the molecule is O=C(O)/C=C/c1ccc(-c2nc(-c3cc4ccccc4c4ccccc34)[nH]c2-c2ccc(/C=C/C(=O)O)cc2)cc1. The van der Waals surface area contributed by atoms with E-state index in [9.17, 15) is 9.59 Å². The van der Waals surface area contributed by atoms with Gasteiger partial charge in [0.05, 0.1) is 11.4 Å². The Hall–Kier alpha value is -5.75. The van der Waals surface area contributed by atoms with Crippen molar-refractivity contribution < 1.29 is 19.8 Å². The topological polar surface area (TPSA) is 103 Å². The average molecular weight is 537 g/mol. The number of nitrogens with zero attached hydrogens (tertiary/aromatic N) is 1. The van der Waals surface area contributed by atoms with Crippen LogP contribution in [0.2, 0.25) is 0 Å². The number of benzene rings is 5. The zero-order chi connectivity index (χ0) is 28.3. The van der Waals surface area contributed by atoms with E-state index in [1.807, 2.05) is 72.8 Å². The number of imidazole rings is 1. The molecule has 6 heteroatoms. The Bertz CT molecular complexity index is 1900. The van der Waals surface area contributed by atoms with Crippen LogP contribution in [0.3, 0.4) is 0 Å². The van der Waals surface area contributed by atoms with Crippen molar-refractivity contribution in [2.24, 2.45) is 0 Å². The third-order valence-corrected chi connectivity index (χ3v) is 6.95. The van der Waals surface area contributed by atoms with Crippen molar-refractivity contribution in [1.82, 2.24) is 9.97 Å². The van der Waals surface area contributed by atoms with Crippen molar-refractivity contribution in [3.05, 3.63) is 126 Å². The van der Waals surface area contributed by atoms with E-state index in [-0.39, 0.29) is 0 Å². The molecule has 0 aliphatic carbocycles. The molecule has 0 radical (unpaired) electrons. The summed E-state index contributed by atoms with van der Waals surface area (Å²) in [5, 5.41) is 22.5. The molecule has 0 amide bonds. The predicted octanol–water partition coefficient (Wildman–Crippen LogP) is 7.91. The fourth-order valence-electron chi connectivity index (χ4n) is 5.02. The molecule has 3 N–H and O–H groups in total. The number of aromatic nitrogens is 2. The normalized spacial score (nSPS) is 11.6. The van der Waals surface area contributed by atoms with Gasteiger partial charge in [-0.2, -0.15) is 0 Å². The summed E-state index contributed by atoms with van der Waals surface area (Å²) in [6.07, 6.45) is 5.32. The van der Waals surface area contributed by atoms with E-state index >= 15 is 0 Å². The van der Waals surface area contributed by atoms with Crippen LogP contribution in [0.1, 0.15) is 11.1 Å². The highest BCUT2D eigenvalue weighted by atomic mass is 16.4. The van der Waals surface area contributed by atoms with E-state index in [0.29, 0.717) is 0 Å². The molecular weight excluding hydrogens is 512 g/mol. The molecule has 6 nitrogen and oxygen atoms in total. The van der Waals surface area contributed by atoms with E-state index in [1.54, 1.807) is 12.2 Å². The van der Waals surface area contributed by atoms with Crippen LogP contribution in [-0.4, -0.2) is 32.1 Å². The lowest BCUT2D eigenvalue weighted by Crippen LogP contribution is -1.87.